The molecule has 0 atom stereocenters. The fourth-order valence-corrected chi connectivity index (χ4v) is 2.42. The Morgan fingerprint density at radius 3 is 2.88 bits per heavy atom. The minimum Gasteiger partial charge on any atom is -0.494 e. The van der Waals surface area contributed by atoms with Gasteiger partial charge in [0.15, 0.2) is 17.4 Å². The van der Waals surface area contributed by atoms with E-state index in [1.165, 1.54) is 41.5 Å². The van der Waals surface area contributed by atoms with Crippen LogP contribution in [0.3, 0.4) is 0 Å². The number of hydrogen-bond donors (Lipinski definition) is 0. The summed E-state index contributed by atoms with van der Waals surface area (Å²) in [5, 5.41) is 4.01. The van der Waals surface area contributed by atoms with Crippen LogP contribution in [0.5, 0.6) is 5.75 Å². The second-order valence-electron chi connectivity index (χ2n) is 5.34. The predicted molar refractivity (Wildman–Crippen MR) is 87.9 cm³/mol. The van der Waals surface area contributed by atoms with E-state index in [1.54, 1.807) is 31.4 Å². The minimum atomic E-state index is -0.467. The molecule has 0 saturated heterocycles. The molecule has 2 heterocycles. The van der Waals surface area contributed by atoms with Gasteiger partial charge in [0.2, 0.25) is 0 Å². The molecule has 0 radical (unpaired) electrons. The molecule has 0 bridgehead atoms. The maximum absolute atomic E-state index is 13.8. The molecule has 0 aliphatic heterocycles. The summed E-state index contributed by atoms with van der Waals surface area (Å²) in [7, 11) is 3.05. The highest BCUT2D eigenvalue weighted by molar-refractivity contribution is 5.96. The lowest BCUT2D eigenvalue weighted by Gasteiger charge is -2.19. The lowest BCUT2D eigenvalue weighted by Crippen LogP contribution is -2.27. The minimum absolute atomic E-state index is 0.165. The van der Waals surface area contributed by atoms with Crippen LogP contribution in [0.15, 0.2) is 49.2 Å². The zero-order chi connectivity index (χ0) is 17.8. The number of ether oxygens (including phenoxy) is 1. The van der Waals surface area contributed by atoms with Crippen LogP contribution in [-0.4, -0.2) is 44.7 Å². The van der Waals surface area contributed by atoms with E-state index in [-0.39, 0.29) is 18.2 Å². The number of methoxy groups -OCH3 is 1. The predicted octanol–water partition coefficient (Wildman–Crippen LogP) is 2.08. The van der Waals surface area contributed by atoms with Crippen LogP contribution in [0.4, 0.5) is 4.39 Å². The Morgan fingerprint density at radius 1 is 1.36 bits per heavy atom. The number of carbonyl (C=O) groups excluding carboxylic acids is 1. The fraction of sp³-hybridized carbons (Fsp3) is 0.176. The SMILES string of the molecule is COc1ccc(CN(C)C(=O)c2cccnc2-n2cncn2)cc1F. The number of carbonyl (C=O) groups is 1. The summed E-state index contributed by atoms with van der Waals surface area (Å²) in [5.74, 6) is -0.170. The smallest absolute Gasteiger partial charge is 0.257 e. The second kappa shape index (κ2) is 7.08. The van der Waals surface area contributed by atoms with Gasteiger partial charge in [0.1, 0.15) is 12.7 Å². The van der Waals surface area contributed by atoms with E-state index in [4.69, 9.17) is 4.74 Å². The quantitative estimate of drug-likeness (QED) is 0.710. The molecule has 3 aromatic rings. The first-order valence-corrected chi connectivity index (χ1v) is 7.48. The van der Waals surface area contributed by atoms with E-state index in [0.29, 0.717) is 16.9 Å². The molecule has 1 amide bonds. The third kappa shape index (κ3) is 3.47. The standard InChI is InChI=1S/C17H16FN5O2/c1-22(9-12-5-6-15(25-2)14(18)8-12)17(24)13-4-3-7-20-16(13)23-11-19-10-21-23/h3-8,10-11H,9H2,1-2H3. The van der Waals surface area contributed by atoms with Gasteiger partial charge in [-0.15, -0.1) is 0 Å². The maximum atomic E-state index is 13.8. The van der Waals surface area contributed by atoms with E-state index in [0.717, 1.165) is 0 Å². The van der Waals surface area contributed by atoms with Gasteiger partial charge < -0.3 is 9.64 Å². The zero-order valence-corrected chi connectivity index (χ0v) is 13.8. The second-order valence-corrected chi connectivity index (χ2v) is 5.34. The molecule has 0 aliphatic rings. The molecule has 0 saturated carbocycles. The number of amides is 1. The Morgan fingerprint density at radius 2 is 2.20 bits per heavy atom. The highest BCUT2D eigenvalue weighted by Gasteiger charge is 2.18. The van der Waals surface area contributed by atoms with Crippen molar-refractivity contribution < 1.29 is 13.9 Å². The van der Waals surface area contributed by atoms with E-state index < -0.39 is 5.82 Å². The van der Waals surface area contributed by atoms with Gasteiger partial charge in [-0.2, -0.15) is 5.10 Å². The van der Waals surface area contributed by atoms with Gasteiger partial charge in [-0.05, 0) is 29.8 Å². The highest BCUT2D eigenvalue weighted by atomic mass is 19.1. The van der Waals surface area contributed by atoms with E-state index in [2.05, 4.69) is 15.1 Å². The number of benzene rings is 1. The Labute approximate surface area is 143 Å². The van der Waals surface area contributed by atoms with Gasteiger partial charge in [-0.1, -0.05) is 6.07 Å². The molecular weight excluding hydrogens is 325 g/mol. The summed E-state index contributed by atoms with van der Waals surface area (Å²) in [6.45, 7) is 0.242. The van der Waals surface area contributed by atoms with Gasteiger partial charge in [0, 0.05) is 19.8 Å². The van der Waals surface area contributed by atoms with Gasteiger partial charge in [-0.3, -0.25) is 4.79 Å². The normalized spacial score (nSPS) is 10.5. The van der Waals surface area contributed by atoms with Crippen LogP contribution in [0, 0.1) is 5.82 Å². The van der Waals surface area contributed by atoms with Gasteiger partial charge >= 0.3 is 0 Å². The largest absolute Gasteiger partial charge is 0.494 e. The summed E-state index contributed by atoms with van der Waals surface area (Å²) < 4.78 is 20.1. The van der Waals surface area contributed by atoms with Crippen molar-refractivity contribution >= 4 is 5.91 Å². The summed E-state index contributed by atoms with van der Waals surface area (Å²) in [4.78, 5) is 22.3. The lowest BCUT2D eigenvalue weighted by atomic mass is 10.1. The van der Waals surface area contributed by atoms with E-state index in [9.17, 15) is 9.18 Å². The molecule has 0 fully saturated rings. The summed E-state index contributed by atoms with van der Waals surface area (Å²) in [6.07, 6.45) is 4.41. The van der Waals surface area contributed by atoms with Crippen molar-refractivity contribution in [3.05, 3.63) is 66.1 Å². The molecule has 3 rings (SSSR count). The molecule has 128 valence electrons. The van der Waals surface area contributed by atoms with Crippen LogP contribution >= 0.6 is 0 Å². The molecule has 7 nitrogen and oxygen atoms in total. The van der Waals surface area contributed by atoms with Crippen molar-refractivity contribution in [1.29, 1.82) is 0 Å². The number of hydrogen-bond acceptors (Lipinski definition) is 5. The number of rotatable bonds is 5. The average Bonchev–Trinajstić information content (AvgIpc) is 3.16. The first-order chi connectivity index (χ1) is 12.1. The summed E-state index contributed by atoms with van der Waals surface area (Å²) >= 11 is 0. The summed E-state index contributed by atoms with van der Waals surface area (Å²) in [5.41, 5.74) is 1.03. The molecule has 25 heavy (non-hydrogen) atoms. The van der Waals surface area contributed by atoms with Crippen LogP contribution in [-0.2, 0) is 6.54 Å². The molecule has 0 unspecified atom stereocenters. The Hall–Kier alpha value is -3.29. The first kappa shape index (κ1) is 16.6. The number of halogens is 1. The van der Waals surface area contributed by atoms with Crippen molar-refractivity contribution in [3.8, 4) is 11.6 Å². The lowest BCUT2D eigenvalue weighted by molar-refractivity contribution is 0.0784. The fourth-order valence-electron chi connectivity index (χ4n) is 2.42. The molecule has 1 aromatic carbocycles. The van der Waals surface area contributed by atoms with Crippen molar-refractivity contribution in [1.82, 2.24) is 24.6 Å². The van der Waals surface area contributed by atoms with E-state index >= 15 is 0 Å². The molecule has 8 heteroatoms. The number of pyridine rings is 1. The van der Waals surface area contributed by atoms with Crippen LogP contribution in [0.2, 0.25) is 0 Å². The van der Waals surface area contributed by atoms with Crippen LogP contribution in [0.1, 0.15) is 15.9 Å². The van der Waals surface area contributed by atoms with Gasteiger partial charge in [0.05, 0.1) is 12.7 Å². The van der Waals surface area contributed by atoms with Crippen molar-refractivity contribution in [2.45, 2.75) is 6.54 Å². The summed E-state index contributed by atoms with van der Waals surface area (Å²) in [6, 6.07) is 7.94. The van der Waals surface area contributed by atoms with Crippen LogP contribution < -0.4 is 4.74 Å². The monoisotopic (exact) mass is 341 g/mol. The molecule has 0 aliphatic carbocycles. The Balaban J connectivity index is 1.83. The topological polar surface area (TPSA) is 73.1 Å². The highest BCUT2D eigenvalue weighted by Crippen LogP contribution is 2.19. The molecule has 0 N–H and O–H groups in total. The molecule has 2 aromatic heterocycles. The third-order valence-corrected chi connectivity index (χ3v) is 3.64. The Bertz CT molecular complexity index is 883. The maximum Gasteiger partial charge on any atom is 0.257 e. The first-order valence-electron chi connectivity index (χ1n) is 7.48. The van der Waals surface area contributed by atoms with Gasteiger partial charge in [0.25, 0.3) is 5.91 Å². The van der Waals surface area contributed by atoms with Crippen molar-refractivity contribution in [3.63, 3.8) is 0 Å². The third-order valence-electron chi connectivity index (χ3n) is 3.64. The zero-order valence-electron chi connectivity index (χ0n) is 13.8. The number of aromatic nitrogens is 4. The average molecular weight is 341 g/mol. The van der Waals surface area contributed by atoms with Crippen molar-refractivity contribution in [2.75, 3.05) is 14.2 Å². The van der Waals surface area contributed by atoms with Crippen molar-refractivity contribution in [2.24, 2.45) is 0 Å². The molecule has 0 spiro atoms. The van der Waals surface area contributed by atoms with Gasteiger partial charge in [-0.25, -0.2) is 19.0 Å². The Kier molecular flexibility index (Phi) is 4.69. The van der Waals surface area contributed by atoms with Crippen LogP contribution in [0.25, 0.3) is 5.82 Å². The number of nitrogens with zero attached hydrogens (tertiary/aromatic N) is 5. The molecular formula is C17H16FN5O2. The van der Waals surface area contributed by atoms with E-state index in [1.807, 2.05) is 0 Å².